The molecule has 0 aliphatic heterocycles. The van der Waals surface area contributed by atoms with Crippen LogP contribution in [0.1, 0.15) is 0 Å². The fourth-order valence-electron chi connectivity index (χ4n) is 0.0417. The number of hydrogen-bond donors (Lipinski definition) is 0. The predicted molar refractivity (Wildman–Crippen MR) is 28.7 cm³/mol. The molecule has 0 saturated heterocycles. The van der Waals surface area contributed by atoms with E-state index >= 15 is 0 Å². The minimum Gasteiger partial charge on any atom is -0.454 e. The molecule has 0 spiro atoms. The van der Waals surface area contributed by atoms with Crippen molar-refractivity contribution in [1.29, 1.82) is 0 Å². The van der Waals surface area contributed by atoms with Crippen LogP contribution in [0.5, 0.6) is 0 Å². The zero-order valence-electron chi connectivity index (χ0n) is 3.69. The topological polar surface area (TPSA) is 9.23 Å². The summed E-state index contributed by atoms with van der Waals surface area (Å²) in [7, 11) is 2.20. The van der Waals surface area contributed by atoms with E-state index in [4.69, 9.17) is 0 Å². The zero-order chi connectivity index (χ0) is 4.99. The molecule has 0 amide bonds. The highest BCUT2D eigenvalue weighted by molar-refractivity contribution is 6.59. The lowest BCUT2D eigenvalue weighted by atomic mass is 11.3. The van der Waals surface area contributed by atoms with Crippen molar-refractivity contribution in [3.05, 3.63) is 12.3 Å². The molecule has 3 heteroatoms. The molecule has 4 radical (unpaired) electrons. The Morgan fingerprint density at radius 1 is 2.00 bits per heavy atom. The molecule has 0 saturated carbocycles. The van der Waals surface area contributed by atoms with E-state index in [2.05, 4.69) is 21.2 Å². The van der Waals surface area contributed by atoms with Crippen LogP contribution >= 0.6 is 0 Å². The lowest BCUT2D eigenvalue weighted by Gasteiger charge is -1.93. The van der Waals surface area contributed by atoms with Crippen molar-refractivity contribution in [3.8, 4) is 0 Å². The monoisotopic (exact) mass is 114 g/mol. The minimum absolute atomic E-state index is 0.691. The molecule has 0 heterocycles. The van der Waals surface area contributed by atoms with Crippen molar-refractivity contribution in [2.24, 2.45) is 0 Å². The van der Waals surface area contributed by atoms with Gasteiger partial charge in [-0.05, 0) is 6.55 Å². The van der Waals surface area contributed by atoms with Gasteiger partial charge in [-0.1, -0.05) is 5.70 Å². The van der Waals surface area contributed by atoms with E-state index in [1.165, 1.54) is 0 Å². The Bertz CT molecular complexity index is 46.1. The molecule has 0 rings (SSSR count). The Labute approximate surface area is 43.3 Å². The summed E-state index contributed by atoms with van der Waals surface area (Å²) in [6.45, 7) is 5.51. The highest BCUT2D eigenvalue weighted by atomic mass is 28.3. The third-order valence-corrected chi connectivity index (χ3v) is 2.31. The lowest BCUT2D eigenvalue weighted by molar-refractivity contribution is 0.653. The number of hydrogen-bond acceptors (Lipinski definition) is 1. The molecule has 1 nitrogen and oxygen atoms in total. The van der Waals surface area contributed by atoms with Crippen molar-refractivity contribution in [2.45, 2.75) is 6.55 Å². The van der Waals surface area contributed by atoms with Crippen LogP contribution in [0.15, 0.2) is 12.3 Å². The van der Waals surface area contributed by atoms with Crippen LogP contribution in [-0.4, -0.2) is 19.5 Å². The fraction of sp³-hybridized carbons (Fsp3) is 0.333. The fourth-order valence-corrected chi connectivity index (χ4v) is 0.375. The van der Waals surface area contributed by atoms with Gasteiger partial charge in [-0.3, -0.25) is 0 Å². The van der Waals surface area contributed by atoms with Crippen molar-refractivity contribution in [3.63, 3.8) is 0 Å². The maximum absolute atomic E-state index is 4.69. The summed E-state index contributed by atoms with van der Waals surface area (Å²) >= 11 is 0. The molecular formula is C3H6OSi2. The molecule has 0 bridgehead atoms. The Hall–Kier alpha value is 0.134. The predicted octanol–water partition coefficient (Wildman–Crippen LogP) is 0.433. The molecule has 0 aromatic rings. The van der Waals surface area contributed by atoms with Crippen LogP contribution in [0.25, 0.3) is 0 Å². The van der Waals surface area contributed by atoms with Crippen LogP contribution in [-0.2, 0) is 4.12 Å². The van der Waals surface area contributed by atoms with E-state index in [1.807, 2.05) is 6.55 Å². The summed E-state index contributed by atoms with van der Waals surface area (Å²) in [4.78, 5) is 0. The van der Waals surface area contributed by atoms with E-state index in [1.54, 1.807) is 5.70 Å². The first-order valence-corrected chi connectivity index (χ1v) is 4.00. The second kappa shape index (κ2) is 3.33. The summed E-state index contributed by atoms with van der Waals surface area (Å²) < 4.78 is 4.69. The summed E-state index contributed by atoms with van der Waals surface area (Å²) in [6, 6.07) is 0. The van der Waals surface area contributed by atoms with Gasteiger partial charge in [0.05, 0.1) is 0 Å². The average Bonchev–Trinajstić information content (AvgIpc) is 1.65. The Morgan fingerprint density at radius 2 is 2.50 bits per heavy atom. The zero-order valence-corrected chi connectivity index (χ0v) is 5.69. The van der Waals surface area contributed by atoms with Gasteiger partial charge in [0.25, 0.3) is 0 Å². The quantitative estimate of drug-likeness (QED) is 0.473. The van der Waals surface area contributed by atoms with Gasteiger partial charge in [-0.15, -0.1) is 6.58 Å². The average molecular weight is 114 g/mol. The van der Waals surface area contributed by atoms with Gasteiger partial charge in [0, 0.05) is 0 Å². The second-order valence-corrected chi connectivity index (χ2v) is 3.36. The van der Waals surface area contributed by atoms with Crippen LogP contribution in [0, 0.1) is 0 Å². The van der Waals surface area contributed by atoms with Gasteiger partial charge in [-0.25, -0.2) is 0 Å². The Balaban J connectivity index is 2.96. The van der Waals surface area contributed by atoms with Gasteiger partial charge in [0.15, 0.2) is 0 Å². The van der Waals surface area contributed by atoms with E-state index in [0.29, 0.717) is 0 Å². The largest absolute Gasteiger partial charge is 0.454 e. The SMILES string of the molecule is C=C[Si](C)O[Si]. The summed E-state index contributed by atoms with van der Waals surface area (Å²) in [6.07, 6.45) is 0. The lowest BCUT2D eigenvalue weighted by Crippen LogP contribution is -2.05. The van der Waals surface area contributed by atoms with E-state index in [0.717, 1.165) is 0 Å². The third kappa shape index (κ3) is 2.38. The maximum atomic E-state index is 4.69. The van der Waals surface area contributed by atoms with E-state index < -0.39 is 9.04 Å². The molecule has 32 valence electrons. The molecule has 0 aliphatic carbocycles. The first kappa shape index (κ1) is 6.13. The summed E-state index contributed by atoms with van der Waals surface area (Å²) in [5.41, 5.74) is 1.80. The van der Waals surface area contributed by atoms with Gasteiger partial charge in [-0.2, -0.15) is 0 Å². The van der Waals surface area contributed by atoms with E-state index in [9.17, 15) is 0 Å². The van der Waals surface area contributed by atoms with Crippen molar-refractivity contribution < 1.29 is 4.12 Å². The van der Waals surface area contributed by atoms with Gasteiger partial charge >= 0.3 is 0 Å². The van der Waals surface area contributed by atoms with E-state index in [-0.39, 0.29) is 0 Å². The van der Waals surface area contributed by atoms with Crippen molar-refractivity contribution in [1.82, 2.24) is 0 Å². The molecule has 0 aromatic heterocycles. The molecule has 6 heavy (non-hydrogen) atoms. The van der Waals surface area contributed by atoms with Gasteiger partial charge < -0.3 is 4.12 Å². The molecule has 0 aliphatic rings. The van der Waals surface area contributed by atoms with Crippen molar-refractivity contribution in [2.75, 3.05) is 0 Å². The minimum atomic E-state index is -0.691. The van der Waals surface area contributed by atoms with Crippen molar-refractivity contribution >= 4 is 19.5 Å². The van der Waals surface area contributed by atoms with Crippen LogP contribution < -0.4 is 0 Å². The standard InChI is InChI=1S/C3H6OSi2/c1-3-6(2)4-5/h3H,1H2,2H3. The summed E-state index contributed by atoms with van der Waals surface area (Å²) in [5, 5.41) is 0. The van der Waals surface area contributed by atoms with Gasteiger partial charge in [0.1, 0.15) is 0 Å². The number of rotatable bonds is 2. The first-order valence-electron chi connectivity index (χ1n) is 1.61. The third-order valence-electron chi connectivity index (χ3n) is 0.448. The first-order chi connectivity index (χ1) is 2.81. The highest BCUT2D eigenvalue weighted by Crippen LogP contribution is 1.77. The van der Waals surface area contributed by atoms with Gasteiger partial charge in [0.2, 0.25) is 19.5 Å². The van der Waals surface area contributed by atoms with Crippen LogP contribution in [0.3, 0.4) is 0 Å². The normalized spacial score (nSPS) is 9.17. The highest BCUT2D eigenvalue weighted by Gasteiger charge is 1.90. The molecule has 0 N–H and O–H groups in total. The molecule has 0 fully saturated rings. The molecule has 0 atom stereocenters. The molecular weight excluding hydrogens is 108 g/mol. The Kier molecular flexibility index (Phi) is 3.40. The second-order valence-electron chi connectivity index (χ2n) is 0.917. The Morgan fingerprint density at radius 3 is 2.50 bits per heavy atom. The van der Waals surface area contributed by atoms with Crippen LogP contribution in [0.2, 0.25) is 6.55 Å². The maximum Gasteiger partial charge on any atom is 0.230 e. The molecule has 0 unspecified atom stereocenters. The summed E-state index contributed by atoms with van der Waals surface area (Å²) in [5.74, 6) is 0. The molecule has 0 aromatic carbocycles. The smallest absolute Gasteiger partial charge is 0.230 e. The van der Waals surface area contributed by atoms with Crippen LogP contribution in [0.4, 0.5) is 0 Å².